The lowest BCUT2D eigenvalue weighted by Gasteiger charge is -2.39. The van der Waals surface area contributed by atoms with Crippen molar-refractivity contribution in [1.29, 1.82) is 0 Å². The molecule has 1 unspecified atom stereocenters. The minimum absolute atomic E-state index is 0.0347. The first-order chi connectivity index (χ1) is 15.2. The summed E-state index contributed by atoms with van der Waals surface area (Å²) < 4.78 is 47.4. The van der Waals surface area contributed by atoms with Gasteiger partial charge in [-0.25, -0.2) is 9.37 Å². The number of ether oxygens (including phenoxy) is 2. The summed E-state index contributed by atoms with van der Waals surface area (Å²) in [6, 6.07) is 6.35. The summed E-state index contributed by atoms with van der Waals surface area (Å²) in [5.74, 6) is -1.13. The van der Waals surface area contributed by atoms with Gasteiger partial charge in [-0.05, 0) is 49.4 Å². The van der Waals surface area contributed by atoms with E-state index >= 15 is 0 Å². The molecule has 7 nitrogen and oxygen atoms in total. The predicted molar refractivity (Wildman–Crippen MR) is 107 cm³/mol. The molecule has 2 amide bonds. The van der Waals surface area contributed by atoms with Gasteiger partial charge < -0.3 is 20.1 Å². The maximum absolute atomic E-state index is 13.4. The second kappa shape index (κ2) is 8.85. The molecular formula is C21H19ClF3N3O4. The maximum atomic E-state index is 13.4. The number of halogens is 4. The van der Waals surface area contributed by atoms with E-state index in [1.807, 2.05) is 0 Å². The van der Waals surface area contributed by atoms with Gasteiger partial charge in [0.05, 0.1) is 11.2 Å². The van der Waals surface area contributed by atoms with Crippen LogP contribution >= 0.6 is 11.6 Å². The Bertz CT molecular complexity index is 1020. The summed E-state index contributed by atoms with van der Waals surface area (Å²) in [7, 11) is 0. The van der Waals surface area contributed by atoms with Gasteiger partial charge in [-0.1, -0.05) is 11.6 Å². The van der Waals surface area contributed by atoms with Crippen LogP contribution in [-0.2, 0) is 4.79 Å². The Morgan fingerprint density at radius 3 is 2.59 bits per heavy atom. The number of fused-ring (bicyclic) bond motifs is 1. The van der Waals surface area contributed by atoms with Gasteiger partial charge in [0.25, 0.3) is 11.8 Å². The average molecular weight is 470 g/mol. The molecule has 3 saturated carbocycles. The highest BCUT2D eigenvalue weighted by Gasteiger charge is 2.57. The van der Waals surface area contributed by atoms with E-state index in [1.165, 1.54) is 24.3 Å². The predicted octanol–water partition coefficient (Wildman–Crippen LogP) is 3.32. The van der Waals surface area contributed by atoms with Crippen molar-refractivity contribution in [2.45, 2.75) is 37.5 Å². The number of hydrogen-bond acceptors (Lipinski definition) is 5. The summed E-state index contributed by atoms with van der Waals surface area (Å²) in [6.45, 7) is -3.24. The highest BCUT2D eigenvalue weighted by molar-refractivity contribution is 6.30. The van der Waals surface area contributed by atoms with Crippen LogP contribution in [0.15, 0.2) is 36.5 Å². The highest BCUT2D eigenvalue weighted by atomic mass is 35.5. The molecular weight excluding hydrogens is 451 g/mol. The largest absolute Gasteiger partial charge is 0.484 e. The summed E-state index contributed by atoms with van der Waals surface area (Å²) >= 11 is 5.61. The maximum Gasteiger partial charge on any atom is 0.387 e. The van der Waals surface area contributed by atoms with Crippen molar-refractivity contribution >= 4 is 23.4 Å². The zero-order chi connectivity index (χ0) is 22.9. The van der Waals surface area contributed by atoms with Crippen LogP contribution in [0.5, 0.6) is 11.5 Å². The second-order valence-corrected chi connectivity index (χ2v) is 8.31. The zero-order valence-electron chi connectivity index (χ0n) is 16.6. The Labute approximate surface area is 186 Å². The molecule has 3 fully saturated rings. The fraction of sp³-hybridized carbons (Fsp3) is 0.381. The lowest BCUT2D eigenvalue weighted by molar-refractivity contribution is -0.124. The molecule has 0 aliphatic heterocycles. The summed E-state index contributed by atoms with van der Waals surface area (Å²) in [5.41, 5.74) is -0.361. The Morgan fingerprint density at radius 2 is 1.94 bits per heavy atom. The normalized spacial score (nSPS) is 23.4. The lowest BCUT2D eigenvalue weighted by Crippen LogP contribution is -2.52. The smallest absolute Gasteiger partial charge is 0.387 e. The van der Waals surface area contributed by atoms with Crippen LogP contribution in [0.1, 0.15) is 29.8 Å². The van der Waals surface area contributed by atoms with Gasteiger partial charge in [-0.2, -0.15) is 8.78 Å². The van der Waals surface area contributed by atoms with Crippen LogP contribution in [-0.4, -0.2) is 41.6 Å². The first-order valence-electron chi connectivity index (χ1n) is 9.84. The third kappa shape index (κ3) is 4.90. The van der Waals surface area contributed by atoms with E-state index in [4.69, 9.17) is 16.3 Å². The number of nitrogens with zero attached hydrogens (tertiary/aromatic N) is 1. The third-order valence-electron chi connectivity index (χ3n) is 5.67. The second-order valence-electron chi connectivity index (χ2n) is 7.90. The van der Waals surface area contributed by atoms with Crippen LogP contribution in [0, 0.1) is 11.7 Å². The van der Waals surface area contributed by atoms with Crippen LogP contribution in [0.3, 0.4) is 0 Å². The van der Waals surface area contributed by atoms with E-state index in [0.29, 0.717) is 19.3 Å². The fourth-order valence-electron chi connectivity index (χ4n) is 4.26. The molecule has 2 aromatic rings. The van der Waals surface area contributed by atoms with Crippen molar-refractivity contribution in [2.75, 3.05) is 6.61 Å². The van der Waals surface area contributed by atoms with Crippen LogP contribution < -0.4 is 20.1 Å². The summed E-state index contributed by atoms with van der Waals surface area (Å²) in [6.07, 6.45) is 3.03. The molecule has 2 N–H and O–H groups in total. The molecule has 0 spiro atoms. The van der Waals surface area contributed by atoms with E-state index < -0.39 is 23.9 Å². The number of pyridine rings is 1. The van der Waals surface area contributed by atoms with Crippen molar-refractivity contribution in [3.63, 3.8) is 0 Å². The van der Waals surface area contributed by atoms with Gasteiger partial charge in [0.15, 0.2) is 6.61 Å². The zero-order valence-corrected chi connectivity index (χ0v) is 17.4. The fourth-order valence-corrected chi connectivity index (χ4v) is 4.38. The number of rotatable bonds is 8. The third-order valence-corrected chi connectivity index (χ3v) is 5.97. The summed E-state index contributed by atoms with van der Waals surface area (Å²) in [5, 5.41) is 5.80. The van der Waals surface area contributed by atoms with Crippen molar-refractivity contribution in [1.82, 2.24) is 15.6 Å². The van der Waals surface area contributed by atoms with Gasteiger partial charge >= 0.3 is 6.61 Å². The van der Waals surface area contributed by atoms with Crippen molar-refractivity contribution in [3.8, 4) is 11.5 Å². The quantitative estimate of drug-likeness (QED) is 0.619. The van der Waals surface area contributed by atoms with Crippen molar-refractivity contribution < 1.29 is 32.2 Å². The molecule has 0 radical (unpaired) electrons. The van der Waals surface area contributed by atoms with Crippen molar-refractivity contribution in [2.24, 2.45) is 5.92 Å². The molecule has 1 atom stereocenters. The van der Waals surface area contributed by atoms with Gasteiger partial charge in [-0.3, -0.25) is 9.59 Å². The van der Waals surface area contributed by atoms with E-state index in [9.17, 15) is 22.8 Å². The standard InChI is InChI=1S/C21H19ClF3N3O4/c22-14-3-1-12(5-15(14)23)31-10-18(29)27-17-8-21(6-11(17)7-21)28-19(30)16-4-2-13(9-26-16)32-20(24)25/h1-5,9,11,17,20H,6-8,10H2,(H,27,29)(H,28,30). The first-order valence-corrected chi connectivity index (χ1v) is 10.2. The number of carbonyl (C=O) groups excluding carboxylic acids is 2. The van der Waals surface area contributed by atoms with Gasteiger partial charge in [0, 0.05) is 17.6 Å². The molecule has 170 valence electrons. The Hall–Kier alpha value is -3.01. The molecule has 5 rings (SSSR count). The topological polar surface area (TPSA) is 89.6 Å². The van der Waals surface area contributed by atoms with Crippen molar-refractivity contribution in [3.05, 3.63) is 53.1 Å². The number of nitrogens with one attached hydrogen (secondary N) is 2. The number of carbonyl (C=O) groups is 2. The van der Waals surface area contributed by atoms with E-state index in [1.54, 1.807) is 0 Å². The molecule has 3 aliphatic carbocycles. The van der Waals surface area contributed by atoms with E-state index in [0.717, 1.165) is 12.3 Å². The number of aromatic nitrogens is 1. The number of amides is 2. The Kier molecular flexibility index (Phi) is 6.14. The number of hydrogen-bond donors (Lipinski definition) is 2. The minimum Gasteiger partial charge on any atom is -0.484 e. The summed E-state index contributed by atoms with van der Waals surface area (Å²) in [4.78, 5) is 28.6. The van der Waals surface area contributed by atoms with Crippen LogP contribution in [0.25, 0.3) is 0 Å². The molecule has 2 bridgehead atoms. The van der Waals surface area contributed by atoms with Gasteiger partial charge in [0.1, 0.15) is 23.0 Å². The monoisotopic (exact) mass is 469 g/mol. The Morgan fingerprint density at radius 1 is 1.19 bits per heavy atom. The van der Waals surface area contributed by atoms with E-state index in [-0.39, 0.29) is 46.7 Å². The first kappa shape index (κ1) is 22.2. The molecule has 0 saturated heterocycles. The van der Waals surface area contributed by atoms with Crippen LogP contribution in [0.4, 0.5) is 13.2 Å². The van der Waals surface area contributed by atoms with Gasteiger partial charge in [-0.15, -0.1) is 0 Å². The molecule has 1 aromatic carbocycles. The van der Waals surface area contributed by atoms with Crippen LogP contribution in [0.2, 0.25) is 5.02 Å². The molecule has 11 heteroatoms. The number of benzene rings is 1. The molecule has 1 heterocycles. The minimum atomic E-state index is -2.97. The lowest BCUT2D eigenvalue weighted by atomic mass is 9.76. The number of alkyl halides is 2. The van der Waals surface area contributed by atoms with E-state index in [2.05, 4.69) is 20.4 Å². The Balaban J connectivity index is 1.26. The molecule has 3 aliphatic rings. The SMILES string of the molecule is O=C(COc1ccc(Cl)c(F)c1)NC1CC2(NC(=O)c3ccc(OC(F)F)cn3)CC1C2. The molecule has 1 aromatic heterocycles. The highest BCUT2D eigenvalue weighted by Crippen LogP contribution is 2.52. The van der Waals surface area contributed by atoms with Gasteiger partial charge in [0.2, 0.25) is 0 Å². The molecule has 32 heavy (non-hydrogen) atoms. The average Bonchev–Trinajstić information content (AvgIpc) is 3.22.